The van der Waals surface area contributed by atoms with Crippen molar-refractivity contribution in [1.82, 2.24) is 4.90 Å². The minimum absolute atomic E-state index is 0.238. The fourth-order valence-corrected chi connectivity index (χ4v) is 3.38. The maximum Gasteiger partial charge on any atom is 0.320 e. The molecule has 1 N–H and O–H groups in total. The van der Waals surface area contributed by atoms with Gasteiger partial charge < -0.3 is 5.11 Å². The van der Waals surface area contributed by atoms with Crippen molar-refractivity contribution in [1.29, 1.82) is 0 Å². The summed E-state index contributed by atoms with van der Waals surface area (Å²) in [4.78, 5) is 13.4. The van der Waals surface area contributed by atoms with Gasteiger partial charge in [-0.3, -0.25) is 9.69 Å². The van der Waals surface area contributed by atoms with Crippen LogP contribution in [-0.4, -0.2) is 34.6 Å². The largest absolute Gasteiger partial charge is 0.480 e. The number of fused-ring (bicyclic) bond motifs is 1. The van der Waals surface area contributed by atoms with Crippen molar-refractivity contribution in [2.45, 2.75) is 57.5 Å². The second-order valence-electron chi connectivity index (χ2n) is 4.90. The fraction of sp³-hybridized carbons (Fsp3) is 0.917. The predicted molar refractivity (Wildman–Crippen MR) is 58.8 cm³/mol. The monoisotopic (exact) mass is 211 g/mol. The molecule has 1 heterocycles. The first kappa shape index (κ1) is 10.9. The molecule has 3 nitrogen and oxygen atoms in total. The van der Waals surface area contributed by atoms with Crippen LogP contribution in [0.1, 0.15) is 45.4 Å². The van der Waals surface area contributed by atoms with E-state index < -0.39 is 5.97 Å². The fourth-order valence-electron chi connectivity index (χ4n) is 3.38. The van der Waals surface area contributed by atoms with Gasteiger partial charge in [0.05, 0.1) is 0 Å². The molecule has 0 amide bonds. The topological polar surface area (TPSA) is 40.5 Å². The molecule has 15 heavy (non-hydrogen) atoms. The van der Waals surface area contributed by atoms with E-state index in [0.717, 1.165) is 18.9 Å². The number of aliphatic carboxylic acids is 1. The van der Waals surface area contributed by atoms with E-state index in [-0.39, 0.29) is 6.04 Å². The van der Waals surface area contributed by atoms with E-state index in [1.807, 2.05) is 6.92 Å². The Morgan fingerprint density at radius 2 is 2.13 bits per heavy atom. The van der Waals surface area contributed by atoms with Crippen LogP contribution in [0.4, 0.5) is 0 Å². The van der Waals surface area contributed by atoms with E-state index in [4.69, 9.17) is 0 Å². The summed E-state index contributed by atoms with van der Waals surface area (Å²) in [6.07, 6.45) is 7.12. The van der Waals surface area contributed by atoms with Crippen molar-refractivity contribution in [2.75, 3.05) is 6.54 Å². The first-order valence-electron chi connectivity index (χ1n) is 6.22. The van der Waals surface area contributed by atoms with Gasteiger partial charge in [-0.15, -0.1) is 0 Å². The van der Waals surface area contributed by atoms with Crippen LogP contribution in [0.3, 0.4) is 0 Å². The molecule has 86 valence electrons. The molecule has 3 unspecified atom stereocenters. The molecule has 0 aromatic rings. The Morgan fingerprint density at radius 3 is 2.80 bits per heavy atom. The van der Waals surface area contributed by atoms with E-state index >= 15 is 0 Å². The normalized spacial score (nSPS) is 33.7. The van der Waals surface area contributed by atoms with E-state index in [1.165, 1.54) is 32.1 Å². The van der Waals surface area contributed by atoms with Crippen LogP contribution in [0.5, 0.6) is 0 Å². The lowest BCUT2D eigenvalue weighted by molar-refractivity contribution is -0.144. The number of carboxylic acid groups (broad SMARTS) is 1. The van der Waals surface area contributed by atoms with Crippen molar-refractivity contribution < 1.29 is 9.90 Å². The Bertz CT molecular complexity index is 242. The SMILES string of the molecule is CCC(C(=O)O)N1CCC2CCCCC21. The molecule has 1 saturated heterocycles. The van der Waals surface area contributed by atoms with E-state index in [0.29, 0.717) is 6.04 Å². The molecule has 0 bridgehead atoms. The highest BCUT2D eigenvalue weighted by molar-refractivity contribution is 5.73. The lowest BCUT2D eigenvalue weighted by atomic mass is 9.85. The Labute approximate surface area is 91.5 Å². The maximum atomic E-state index is 11.2. The highest BCUT2D eigenvalue weighted by Crippen LogP contribution is 2.37. The zero-order valence-electron chi connectivity index (χ0n) is 9.48. The van der Waals surface area contributed by atoms with Gasteiger partial charge in [-0.05, 0) is 38.1 Å². The lowest BCUT2D eigenvalue weighted by Crippen LogP contribution is -2.45. The molecule has 3 atom stereocenters. The van der Waals surface area contributed by atoms with Crippen molar-refractivity contribution in [2.24, 2.45) is 5.92 Å². The highest BCUT2D eigenvalue weighted by Gasteiger charge is 2.40. The maximum absolute atomic E-state index is 11.2. The molecule has 0 aromatic carbocycles. The van der Waals surface area contributed by atoms with Gasteiger partial charge in [-0.25, -0.2) is 0 Å². The molecular weight excluding hydrogens is 190 g/mol. The van der Waals surface area contributed by atoms with Crippen LogP contribution in [0.2, 0.25) is 0 Å². The first-order chi connectivity index (χ1) is 7.24. The van der Waals surface area contributed by atoms with Crippen molar-refractivity contribution in [3.05, 3.63) is 0 Å². The third-order valence-corrected chi connectivity index (χ3v) is 4.13. The number of nitrogens with zero attached hydrogens (tertiary/aromatic N) is 1. The van der Waals surface area contributed by atoms with Gasteiger partial charge >= 0.3 is 5.97 Å². The summed E-state index contributed by atoms with van der Waals surface area (Å²) in [5, 5.41) is 9.18. The highest BCUT2D eigenvalue weighted by atomic mass is 16.4. The number of carboxylic acids is 1. The molecule has 2 aliphatic rings. The van der Waals surface area contributed by atoms with Gasteiger partial charge in [0, 0.05) is 6.04 Å². The molecule has 0 aromatic heterocycles. The summed E-state index contributed by atoms with van der Waals surface area (Å²) in [5.41, 5.74) is 0. The predicted octanol–water partition coefficient (Wildman–Crippen LogP) is 2.11. The van der Waals surface area contributed by atoms with Gasteiger partial charge in [0.25, 0.3) is 0 Å². The standard InChI is InChI=1S/C12H21NO2/c1-2-10(12(14)15)13-8-7-9-5-3-4-6-11(9)13/h9-11H,2-8H2,1H3,(H,14,15). The van der Waals surface area contributed by atoms with E-state index in [2.05, 4.69) is 4.90 Å². The van der Waals surface area contributed by atoms with Gasteiger partial charge in [0.1, 0.15) is 6.04 Å². The van der Waals surface area contributed by atoms with E-state index in [9.17, 15) is 9.90 Å². The van der Waals surface area contributed by atoms with Crippen molar-refractivity contribution in [3.8, 4) is 0 Å². The van der Waals surface area contributed by atoms with Crippen LogP contribution in [0, 0.1) is 5.92 Å². The Morgan fingerprint density at radius 1 is 1.40 bits per heavy atom. The number of rotatable bonds is 3. The molecule has 2 rings (SSSR count). The van der Waals surface area contributed by atoms with Crippen molar-refractivity contribution in [3.63, 3.8) is 0 Å². The van der Waals surface area contributed by atoms with Crippen molar-refractivity contribution >= 4 is 5.97 Å². The van der Waals surface area contributed by atoms with Crippen LogP contribution in [-0.2, 0) is 4.79 Å². The second-order valence-corrected chi connectivity index (χ2v) is 4.90. The Balaban J connectivity index is 2.05. The molecule has 1 aliphatic heterocycles. The van der Waals surface area contributed by atoms with Crippen LogP contribution in [0.15, 0.2) is 0 Å². The first-order valence-corrected chi connectivity index (χ1v) is 6.22. The smallest absolute Gasteiger partial charge is 0.320 e. The molecule has 0 radical (unpaired) electrons. The number of hydrogen-bond acceptors (Lipinski definition) is 2. The zero-order valence-corrected chi connectivity index (χ0v) is 9.48. The van der Waals surface area contributed by atoms with Gasteiger partial charge in [-0.1, -0.05) is 19.8 Å². The molecule has 1 aliphatic carbocycles. The summed E-state index contributed by atoms with van der Waals surface area (Å²) in [6, 6.07) is 0.331. The second kappa shape index (κ2) is 4.52. The lowest BCUT2D eigenvalue weighted by Gasteiger charge is -2.34. The summed E-state index contributed by atoms with van der Waals surface area (Å²) in [7, 11) is 0. The molecule has 3 heteroatoms. The average Bonchev–Trinajstić information content (AvgIpc) is 2.63. The van der Waals surface area contributed by atoms with Gasteiger partial charge in [0.15, 0.2) is 0 Å². The number of hydrogen-bond donors (Lipinski definition) is 1. The summed E-state index contributed by atoms with van der Waals surface area (Å²) in [5.74, 6) is 0.149. The molecule has 2 fully saturated rings. The van der Waals surface area contributed by atoms with Crippen LogP contribution < -0.4 is 0 Å². The van der Waals surface area contributed by atoms with Gasteiger partial charge in [-0.2, -0.15) is 0 Å². The molecular formula is C12H21NO2. The van der Waals surface area contributed by atoms with Crippen LogP contribution >= 0.6 is 0 Å². The Kier molecular flexibility index (Phi) is 3.29. The summed E-state index contributed by atoms with van der Waals surface area (Å²) >= 11 is 0. The summed E-state index contributed by atoms with van der Waals surface area (Å²) < 4.78 is 0. The minimum Gasteiger partial charge on any atom is -0.480 e. The Hall–Kier alpha value is -0.570. The average molecular weight is 211 g/mol. The third kappa shape index (κ3) is 2.03. The van der Waals surface area contributed by atoms with E-state index in [1.54, 1.807) is 0 Å². The number of likely N-dealkylation sites (tertiary alicyclic amines) is 1. The minimum atomic E-state index is -0.635. The molecule has 0 spiro atoms. The quantitative estimate of drug-likeness (QED) is 0.777. The molecule has 1 saturated carbocycles. The van der Waals surface area contributed by atoms with Crippen LogP contribution in [0.25, 0.3) is 0 Å². The summed E-state index contributed by atoms with van der Waals surface area (Å²) in [6.45, 7) is 2.98. The number of carbonyl (C=O) groups is 1. The zero-order chi connectivity index (χ0) is 10.8. The van der Waals surface area contributed by atoms with Gasteiger partial charge in [0.2, 0.25) is 0 Å². The third-order valence-electron chi connectivity index (χ3n) is 4.13.